The molecule has 3 rings (SSSR count). The Labute approximate surface area is 155 Å². The van der Waals surface area contributed by atoms with Gasteiger partial charge in [0.1, 0.15) is 5.82 Å². The fourth-order valence-electron chi connectivity index (χ4n) is 2.97. The molecule has 0 saturated carbocycles. The van der Waals surface area contributed by atoms with Gasteiger partial charge in [0, 0.05) is 35.8 Å². The Morgan fingerprint density at radius 2 is 2.08 bits per heavy atom. The molecule has 0 radical (unpaired) electrons. The molecular weight excluding hydrogens is 359 g/mol. The van der Waals surface area contributed by atoms with E-state index in [1.165, 1.54) is 23.1 Å². The van der Waals surface area contributed by atoms with Gasteiger partial charge in [0.2, 0.25) is 11.8 Å². The lowest BCUT2D eigenvalue weighted by Crippen LogP contribution is -2.35. The van der Waals surface area contributed by atoms with Crippen LogP contribution in [0.25, 0.3) is 0 Å². The number of carbonyl (C=O) groups excluding carboxylic acids is 2. The van der Waals surface area contributed by atoms with Crippen LogP contribution in [0.4, 0.5) is 10.1 Å². The van der Waals surface area contributed by atoms with Gasteiger partial charge in [-0.05, 0) is 24.3 Å². The van der Waals surface area contributed by atoms with Crippen molar-refractivity contribution < 1.29 is 19.1 Å². The Balaban J connectivity index is 1.59. The molecule has 1 aliphatic rings. The van der Waals surface area contributed by atoms with Crippen molar-refractivity contribution in [2.24, 2.45) is 5.92 Å². The van der Waals surface area contributed by atoms with Crippen LogP contribution in [0.15, 0.2) is 48.5 Å². The van der Waals surface area contributed by atoms with Crippen LogP contribution in [-0.4, -0.2) is 30.0 Å². The highest BCUT2D eigenvalue weighted by Crippen LogP contribution is 2.27. The van der Waals surface area contributed by atoms with Crippen molar-refractivity contribution >= 4 is 29.1 Å². The molecule has 1 saturated heterocycles. The smallest absolute Gasteiger partial charge is 0.227 e. The van der Waals surface area contributed by atoms with Gasteiger partial charge in [-0.15, -0.1) is 0 Å². The standard InChI is InChI=1S/C19H18ClFN2O3/c20-13-4-3-5-14(9-13)23-11-12(8-18(23)25)19(26)22-10-17(24)15-6-1-2-7-16(15)21/h1-7,9,12,17,24H,8,10-11H2,(H,22,26)/t12-,17+/m0/s1. The number of carbonyl (C=O) groups is 2. The van der Waals surface area contributed by atoms with E-state index in [-0.39, 0.29) is 36.9 Å². The van der Waals surface area contributed by atoms with E-state index in [1.54, 1.807) is 30.3 Å². The zero-order valence-corrected chi connectivity index (χ0v) is 14.6. The lowest BCUT2D eigenvalue weighted by atomic mass is 10.1. The van der Waals surface area contributed by atoms with E-state index < -0.39 is 17.8 Å². The van der Waals surface area contributed by atoms with Gasteiger partial charge in [-0.1, -0.05) is 35.9 Å². The molecule has 26 heavy (non-hydrogen) atoms. The molecule has 2 amide bonds. The summed E-state index contributed by atoms with van der Waals surface area (Å²) in [7, 11) is 0. The summed E-state index contributed by atoms with van der Waals surface area (Å²) in [5.74, 6) is -1.58. The van der Waals surface area contributed by atoms with Crippen LogP contribution in [0.2, 0.25) is 5.02 Å². The second kappa shape index (κ2) is 7.85. The molecule has 7 heteroatoms. The second-order valence-corrected chi connectivity index (χ2v) is 6.60. The van der Waals surface area contributed by atoms with Crippen molar-refractivity contribution in [3.05, 3.63) is 64.9 Å². The first-order valence-corrected chi connectivity index (χ1v) is 8.59. The van der Waals surface area contributed by atoms with Gasteiger partial charge in [0.15, 0.2) is 0 Å². The summed E-state index contributed by atoms with van der Waals surface area (Å²) >= 11 is 5.95. The van der Waals surface area contributed by atoms with Crippen LogP contribution in [0, 0.1) is 11.7 Å². The molecule has 0 unspecified atom stereocenters. The fraction of sp³-hybridized carbons (Fsp3) is 0.263. The number of nitrogens with one attached hydrogen (secondary N) is 1. The summed E-state index contributed by atoms with van der Waals surface area (Å²) in [5, 5.41) is 13.2. The Morgan fingerprint density at radius 3 is 2.81 bits per heavy atom. The molecule has 2 atom stereocenters. The summed E-state index contributed by atoms with van der Waals surface area (Å²) < 4.78 is 13.7. The third kappa shape index (κ3) is 4.03. The van der Waals surface area contributed by atoms with Crippen LogP contribution in [0.3, 0.4) is 0 Å². The van der Waals surface area contributed by atoms with Gasteiger partial charge in [-0.25, -0.2) is 4.39 Å². The third-order valence-electron chi connectivity index (χ3n) is 4.35. The number of nitrogens with zero attached hydrogens (tertiary/aromatic N) is 1. The number of hydrogen-bond donors (Lipinski definition) is 2. The summed E-state index contributed by atoms with van der Waals surface area (Å²) in [6.07, 6.45) is -1.07. The number of anilines is 1. The van der Waals surface area contributed by atoms with Crippen molar-refractivity contribution in [3.8, 4) is 0 Å². The zero-order valence-electron chi connectivity index (χ0n) is 13.9. The Kier molecular flexibility index (Phi) is 5.54. The number of benzene rings is 2. The molecule has 0 aromatic heterocycles. The van der Waals surface area contributed by atoms with E-state index in [9.17, 15) is 19.1 Å². The third-order valence-corrected chi connectivity index (χ3v) is 4.58. The normalized spacial score (nSPS) is 18.0. The van der Waals surface area contributed by atoms with Crippen LogP contribution >= 0.6 is 11.6 Å². The highest BCUT2D eigenvalue weighted by atomic mass is 35.5. The Bertz CT molecular complexity index is 830. The maximum Gasteiger partial charge on any atom is 0.227 e. The molecule has 5 nitrogen and oxygen atoms in total. The van der Waals surface area contributed by atoms with Crippen LogP contribution in [-0.2, 0) is 9.59 Å². The number of halogens is 2. The molecule has 0 aliphatic carbocycles. The summed E-state index contributed by atoms with van der Waals surface area (Å²) in [5.41, 5.74) is 0.764. The average Bonchev–Trinajstić information content (AvgIpc) is 3.01. The molecule has 1 aliphatic heterocycles. The maximum absolute atomic E-state index is 13.7. The summed E-state index contributed by atoms with van der Waals surface area (Å²) in [4.78, 5) is 26.1. The molecule has 2 aromatic rings. The summed E-state index contributed by atoms with van der Waals surface area (Å²) in [6.45, 7) is 0.114. The minimum Gasteiger partial charge on any atom is -0.386 e. The maximum atomic E-state index is 13.7. The Morgan fingerprint density at radius 1 is 1.31 bits per heavy atom. The lowest BCUT2D eigenvalue weighted by Gasteiger charge is -2.18. The van der Waals surface area contributed by atoms with Crippen LogP contribution < -0.4 is 10.2 Å². The highest BCUT2D eigenvalue weighted by Gasteiger charge is 2.35. The van der Waals surface area contributed by atoms with E-state index in [2.05, 4.69) is 5.32 Å². The van der Waals surface area contributed by atoms with E-state index in [1.807, 2.05) is 0 Å². The quantitative estimate of drug-likeness (QED) is 0.843. The predicted molar refractivity (Wildman–Crippen MR) is 96.3 cm³/mol. The van der Waals surface area contributed by atoms with Gasteiger partial charge >= 0.3 is 0 Å². The number of hydrogen-bond acceptors (Lipinski definition) is 3. The van der Waals surface area contributed by atoms with E-state index in [4.69, 9.17) is 11.6 Å². The molecule has 0 bridgehead atoms. The largest absolute Gasteiger partial charge is 0.386 e. The molecule has 1 heterocycles. The molecule has 0 spiro atoms. The monoisotopic (exact) mass is 376 g/mol. The molecule has 2 N–H and O–H groups in total. The van der Waals surface area contributed by atoms with Crippen LogP contribution in [0.1, 0.15) is 18.1 Å². The van der Waals surface area contributed by atoms with E-state index in [0.29, 0.717) is 10.7 Å². The van der Waals surface area contributed by atoms with Crippen molar-refractivity contribution in [1.29, 1.82) is 0 Å². The van der Waals surface area contributed by atoms with E-state index in [0.717, 1.165) is 0 Å². The molecule has 2 aromatic carbocycles. The second-order valence-electron chi connectivity index (χ2n) is 6.17. The van der Waals surface area contributed by atoms with Gasteiger partial charge < -0.3 is 15.3 Å². The van der Waals surface area contributed by atoms with Gasteiger partial charge in [0.25, 0.3) is 0 Å². The highest BCUT2D eigenvalue weighted by molar-refractivity contribution is 6.30. The predicted octanol–water partition coefficient (Wildman–Crippen LogP) is 2.68. The topological polar surface area (TPSA) is 69.6 Å². The number of rotatable bonds is 5. The number of amides is 2. The zero-order chi connectivity index (χ0) is 18.7. The van der Waals surface area contributed by atoms with Crippen molar-refractivity contribution in [2.75, 3.05) is 18.0 Å². The first kappa shape index (κ1) is 18.4. The fourth-order valence-corrected chi connectivity index (χ4v) is 3.16. The first-order chi connectivity index (χ1) is 12.5. The Hall–Kier alpha value is -2.44. The van der Waals surface area contributed by atoms with Crippen molar-refractivity contribution in [2.45, 2.75) is 12.5 Å². The van der Waals surface area contributed by atoms with Crippen molar-refractivity contribution in [1.82, 2.24) is 5.32 Å². The molecule has 136 valence electrons. The summed E-state index contributed by atoms with van der Waals surface area (Å²) in [6, 6.07) is 12.7. The average molecular weight is 377 g/mol. The lowest BCUT2D eigenvalue weighted by molar-refractivity contribution is -0.126. The van der Waals surface area contributed by atoms with Crippen LogP contribution in [0.5, 0.6) is 0 Å². The van der Waals surface area contributed by atoms with Crippen molar-refractivity contribution in [3.63, 3.8) is 0 Å². The molecular formula is C19H18ClFN2O3. The van der Waals surface area contributed by atoms with Gasteiger partial charge in [-0.2, -0.15) is 0 Å². The van der Waals surface area contributed by atoms with Gasteiger partial charge in [0.05, 0.1) is 12.0 Å². The minimum absolute atomic E-state index is 0.0775. The van der Waals surface area contributed by atoms with Gasteiger partial charge in [-0.3, -0.25) is 9.59 Å². The minimum atomic E-state index is -1.15. The van der Waals surface area contributed by atoms with E-state index >= 15 is 0 Å². The molecule has 1 fully saturated rings. The number of aliphatic hydroxyl groups excluding tert-OH is 1. The first-order valence-electron chi connectivity index (χ1n) is 8.22. The number of aliphatic hydroxyl groups is 1. The SMILES string of the molecule is O=C(NC[C@@H](O)c1ccccc1F)[C@H]1CC(=O)N(c2cccc(Cl)c2)C1.